The molecule has 0 fully saturated rings. The topological polar surface area (TPSA) is 97.1 Å². The standard InChI is InChI=1S/C12H12Cl2N4O2S/c1-7-9(13)3-2-4-11(7)18-21(19,20)8-5-10(14)12(17-15)16-6-8/h2-6,18H,15H2,1H3,(H,16,17). The Hall–Kier alpha value is -1.54. The van der Waals surface area contributed by atoms with Crippen LogP contribution in [0.3, 0.4) is 0 Å². The van der Waals surface area contributed by atoms with E-state index in [2.05, 4.69) is 15.1 Å². The van der Waals surface area contributed by atoms with Crippen LogP contribution in [0.4, 0.5) is 11.5 Å². The number of hydrogen-bond acceptors (Lipinski definition) is 5. The number of nitrogen functional groups attached to an aromatic ring is 1. The molecule has 21 heavy (non-hydrogen) atoms. The summed E-state index contributed by atoms with van der Waals surface area (Å²) in [7, 11) is -3.82. The van der Waals surface area contributed by atoms with Crippen LogP contribution in [0.2, 0.25) is 10.0 Å². The van der Waals surface area contributed by atoms with Gasteiger partial charge in [0.15, 0.2) is 5.82 Å². The maximum Gasteiger partial charge on any atom is 0.263 e. The summed E-state index contributed by atoms with van der Waals surface area (Å²) in [5.74, 6) is 5.38. The number of hydrogen-bond donors (Lipinski definition) is 3. The number of nitrogens with one attached hydrogen (secondary N) is 2. The second-order valence-electron chi connectivity index (χ2n) is 4.16. The molecule has 9 heteroatoms. The Bertz CT molecular complexity index is 781. The molecule has 0 spiro atoms. The van der Waals surface area contributed by atoms with Crippen molar-refractivity contribution in [3.63, 3.8) is 0 Å². The molecule has 4 N–H and O–H groups in total. The van der Waals surface area contributed by atoms with E-state index in [4.69, 9.17) is 29.0 Å². The average Bonchev–Trinajstić information content (AvgIpc) is 2.43. The van der Waals surface area contributed by atoms with Crippen molar-refractivity contribution in [2.45, 2.75) is 11.8 Å². The number of halogens is 2. The zero-order valence-corrected chi connectivity index (χ0v) is 13.2. The monoisotopic (exact) mass is 346 g/mol. The Morgan fingerprint density at radius 2 is 1.95 bits per heavy atom. The molecule has 2 rings (SSSR count). The van der Waals surface area contributed by atoms with Crippen LogP contribution >= 0.6 is 23.2 Å². The van der Waals surface area contributed by atoms with Crippen molar-refractivity contribution in [2.24, 2.45) is 5.84 Å². The summed E-state index contributed by atoms with van der Waals surface area (Å²) in [5.41, 5.74) is 3.28. The van der Waals surface area contributed by atoms with E-state index in [-0.39, 0.29) is 15.7 Å². The molecule has 0 aliphatic carbocycles. The molecule has 1 aromatic heterocycles. The molecular formula is C12H12Cl2N4O2S. The van der Waals surface area contributed by atoms with Gasteiger partial charge in [-0.05, 0) is 30.7 Å². The Kier molecular flexibility index (Phi) is 4.58. The molecule has 0 bridgehead atoms. The van der Waals surface area contributed by atoms with Crippen LogP contribution < -0.4 is 16.0 Å². The highest BCUT2D eigenvalue weighted by atomic mass is 35.5. The largest absolute Gasteiger partial charge is 0.307 e. The molecule has 0 atom stereocenters. The second-order valence-corrected chi connectivity index (χ2v) is 6.66. The minimum absolute atomic E-state index is 0.0779. The van der Waals surface area contributed by atoms with E-state index in [9.17, 15) is 8.42 Å². The van der Waals surface area contributed by atoms with Gasteiger partial charge in [-0.15, -0.1) is 0 Å². The molecular weight excluding hydrogens is 335 g/mol. The average molecular weight is 347 g/mol. The summed E-state index contributed by atoms with van der Waals surface area (Å²) in [6.45, 7) is 1.72. The molecule has 0 aliphatic rings. The first-order valence-corrected chi connectivity index (χ1v) is 7.99. The third-order valence-corrected chi connectivity index (χ3v) is 4.81. The van der Waals surface area contributed by atoms with E-state index in [1.165, 1.54) is 6.07 Å². The van der Waals surface area contributed by atoms with Crippen LogP contribution in [0.5, 0.6) is 0 Å². The highest BCUT2D eigenvalue weighted by molar-refractivity contribution is 7.92. The van der Waals surface area contributed by atoms with Crippen molar-refractivity contribution in [1.29, 1.82) is 0 Å². The van der Waals surface area contributed by atoms with Gasteiger partial charge in [0.05, 0.1) is 10.7 Å². The number of nitrogens with zero attached hydrogens (tertiary/aromatic N) is 1. The molecule has 0 radical (unpaired) electrons. The normalized spacial score (nSPS) is 11.2. The van der Waals surface area contributed by atoms with E-state index in [1.54, 1.807) is 25.1 Å². The van der Waals surface area contributed by atoms with Crippen LogP contribution in [0.25, 0.3) is 0 Å². The zero-order chi connectivity index (χ0) is 15.6. The number of pyridine rings is 1. The third-order valence-electron chi connectivity index (χ3n) is 2.78. The maximum atomic E-state index is 12.3. The van der Waals surface area contributed by atoms with Gasteiger partial charge in [-0.25, -0.2) is 19.2 Å². The minimum Gasteiger partial charge on any atom is -0.307 e. The summed E-state index contributed by atoms with van der Waals surface area (Å²) in [6.07, 6.45) is 1.16. The number of sulfonamides is 1. The first-order valence-electron chi connectivity index (χ1n) is 5.75. The zero-order valence-electron chi connectivity index (χ0n) is 10.9. The Morgan fingerprint density at radius 1 is 1.24 bits per heavy atom. The fourth-order valence-electron chi connectivity index (χ4n) is 1.60. The summed E-state index contributed by atoms with van der Waals surface area (Å²) in [5, 5.41) is 0.567. The van der Waals surface area contributed by atoms with Crippen molar-refractivity contribution in [1.82, 2.24) is 4.98 Å². The Balaban J connectivity index is 2.39. The lowest BCUT2D eigenvalue weighted by Crippen LogP contribution is -2.15. The van der Waals surface area contributed by atoms with Crippen LogP contribution in [-0.2, 0) is 10.0 Å². The third kappa shape index (κ3) is 3.38. The molecule has 6 nitrogen and oxygen atoms in total. The van der Waals surface area contributed by atoms with Crippen molar-refractivity contribution < 1.29 is 8.42 Å². The number of anilines is 2. The summed E-state index contributed by atoms with van der Waals surface area (Å²) in [4.78, 5) is 3.75. The first kappa shape index (κ1) is 15.8. The second kappa shape index (κ2) is 6.07. The van der Waals surface area contributed by atoms with Gasteiger partial charge < -0.3 is 5.43 Å². The summed E-state index contributed by atoms with van der Waals surface area (Å²) in [6, 6.07) is 6.20. The van der Waals surface area contributed by atoms with Crippen molar-refractivity contribution in [3.05, 3.63) is 46.1 Å². The minimum atomic E-state index is -3.82. The summed E-state index contributed by atoms with van der Waals surface area (Å²) >= 11 is 11.8. The molecule has 1 aromatic carbocycles. The van der Waals surface area contributed by atoms with Crippen molar-refractivity contribution in [3.8, 4) is 0 Å². The molecule has 1 heterocycles. The smallest absolute Gasteiger partial charge is 0.263 e. The number of nitrogens with two attached hydrogens (primary N) is 1. The molecule has 0 saturated heterocycles. The molecule has 0 saturated carbocycles. The highest BCUT2D eigenvalue weighted by Gasteiger charge is 2.18. The van der Waals surface area contributed by atoms with E-state index in [1.807, 2.05) is 0 Å². The fourth-order valence-corrected chi connectivity index (χ4v) is 3.15. The lowest BCUT2D eigenvalue weighted by molar-refractivity contribution is 0.601. The molecule has 2 aromatic rings. The molecule has 0 unspecified atom stereocenters. The van der Waals surface area contributed by atoms with E-state index >= 15 is 0 Å². The van der Waals surface area contributed by atoms with Gasteiger partial charge in [0.2, 0.25) is 0 Å². The van der Waals surface area contributed by atoms with Crippen LogP contribution in [0.1, 0.15) is 5.56 Å². The van der Waals surface area contributed by atoms with Crippen molar-refractivity contribution in [2.75, 3.05) is 10.1 Å². The molecule has 112 valence electrons. The van der Waals surface area contributed by atoms with Gasteiger partial charge >= 0.3 is 0 Å². The SMILES string of the molecule is Cc1c(Cl)cccc1NS(=O)(=O)c1cnc(NN)c(Cl)c1. The maximum absolute atomic E-state index is 12.3. The van der Waals surface area contributed by atoms with Crippen LogP contribution in [0.15, 0.2) is 35.4 Å². The lowest BCUT2D eigenvalue weighted by Gasteiger charge is -2.12. The first-order chi connectivity index (χ1) is 9.85. The van der Waals surface area contributed by atoms with Gasteiger partial charge in [-0.2, -0.15) is 0 Å². The summed E-state index contributed by atoms with van der Waals surface area (Å²) < 4.78 is 27.1. The quantitative estimate of drug-likeness (QED) is 0.584. The molecule has 0 amide bonds. The molecule has 0 aliphatic heterocycles. The van der Waals surface area contributed by atoms with Gasteiger partial charge in [-0.3, -0.25) is 4.72 Å². The van der Waals surface area contributed by atoms with Crippen molar-refractivity contribution >= 4 is 44.7 Å². The number of benzene rings is 1. The Labute approximate surface area is 132 Å². The van der Waals surface area contributed by atoms with E-state index in [0.29, 0.717) is 16.3 Å². The van der Waals surface area contributed by atoms with Crippen LogP contribution in [-0.4, -0.2) is 13.4 Å². The van der Waals surface area contributed by atoms with Gasteiger partial charge in [-0.1, -0.05) is 29.3 Å². The predicted molar refractivity (Wildman–Crippen MR) is 84.1 cm³/mol. The lowest BCUT2D eigenvalue weighted by atomic mass is 10.2. The number of hydrazine groups is 1. The van der Waals surface area contributed by atoms with E-state index in [0.717, 1.165) is 6.20 Å². The van der Waals surface area contributed by atoms with Gasteiger partial charge in [0, 0.05) is 11.2 Å². The van der Waals surface area contributed by atoms with Gasteiger partial charge in [0.1, 0.15) is 4.90 Å². The predicted octanol–water partition coefficient (Wildman–Crippen LogP) is 2.78. The van der Waals surface area contributed by atoms with Gasteiger partial charge in [0.25, 0.3) is 10.0 Å². The number of aromatic nitrogens is 1. The van der Waals surface area contributed by atoms with Crippen LogP contribution in [0, 0.1) is 6.92 Å². The highest BCUT2D eigenvalue weighted by Crippen LogP contribution is 2.27. The number of rotatable bonds is 4. The Morgan fingerprint density at radius 3 is 2.57 bits per heavy atom. The fraction of sp³-hybridized carbons (Fsp3) is 0.0833. The van der Waals surface area contributed by atoms with E-state index < -0.39 is 10.0 Å².